The summed E-state index contributed by atoms with van der Waals surface area (Å²) in [5.74, 6) is 1.35. The van der Waals surface area contributed by atoms with Crippen molar-refractivity contribution in [1.82, 2.24) is 0 Å². The Morgan fingerprint density at radius 2 is 1.71 bits per heavy atom. The fraction of sp³-hybridized carbons (Fsp3) is 0.235. The van der Waals surface area contributed by atoms with Gasteiger partial charge in [0.1, 0.15) is 16.5 Å². The van der Waals surface area contributed by atoms with Gasteiger partial charge in [0.05, 0.1) is 5.56 Å². The SMILES string of the molecule is CC(C)(C)c1ccc(Oc2ccc(Cl)cc2C(N)=S)cc1. The fourth-order valence-electron chi connectivity index (χ4n) is 1.93. The van der Waals surface area contributed by atoms with Gasteiger partial charge in [-0.05, 0) is 41.3 Å². The molecular formula is C17H18ClNOS. The monoisotopic (exact) mass is 319 g/mol. The van der Waals surface area contributed by atoms with Gasteiger partial charge < -0.3 is 10.5 Å². The third kappa shape index (κ3) is 3.96. The number of nitrogens with two attached hydrogens (primary N) is 1. The van der Waals surface area contributed by atoms with Gasteiger partial charge in [-0.15, -0.1) is 0 Å². The van der Waals surface area contributed by atoms with E-state index >= 15 is 0 Å². The van der Waals surface area contributed by atoms with Crippen LogP contribution in [-0.4, -0.2) is 4.99 Å². The van der Waals surface area contributed by atoms with E-state index < -0.39 is 0 Å². The molecule has 0 unspecified atom stereocenters. The summed E-state index contributed by atoms with van der Waals surface area (Å²) in [6, 6.07) is 13.2. The van der Waals surface area contributed by atoms with Gasteiger partial charge in [0.25, 0.3) is 0 Å². The number of rotatable bonds is 3. The Bertz CT molecular complexity index is 659. The second-order valence-electron chi connectivity index (χ2n) is 5.88. The smallest absolute Gasteiger partial charge is 0.137 e. The Labute approximate surface area is 135 Å². The minimum atomic E-state index is 0.114. The van der Waals surface area contributed by atoms with Crippen molar-refractivity contribution >= 4 is 28.8 Å². The highest BCUT2D eigenvalue weighted by Crippen LogP contribution is 2.30. The Morgan fingerprint density at radius 1 is 1.10 bits per heavy atom. The summed E-state index contributed by atoms with van der Waals surface area (Å²) < 4.78 is 5.87. The number of ether oxygens (including phenoxy) is 1. The molecule has 2 aromatic carbocycles. The van der Waals surface area contributed by atoms with E-state index in [0.717, 1.165) is 5.75 Å². The molecule has 0 aliphatic rings. The standard InChI is InChI=1S/C17H18ClNOS/c1-17(2,3)11-4-7-13(8-5-11)20-15-9-6-12(18)10-14(15)16(19)21/h4-10H,1-3H3,(H2,19,21). The Hall–Kier alpha value is -1.58. The Kier molecular flexibility index (Phi) is 4.55. The molecule has 0 radical (unpaired) electrons. The van der Waals surface area contributed by atoms with Gasteiger partial charge in [-0.3, -0.25) is 0 Å². The largest absolute Gasteiger partial charge is 0.457 e. The Balaban J connectivity index is 2.28. The van der Waals surface area contributed by atoms with Crippen LogP contribution in [0.2, 0.25) is 5.02 Å². The third-order valence-corrected chi connectivity index (χ3v) is 3.61. The maximum Gasteiger partial charge on any atom is 0.137 e. The minimum absolute atomic E-state index is 0.114. The van der Waals surface area contributed by atoms with Crippen LogP contribution in [0.15, 0.2) is 42.5 Å². The predicted octanol–water partition coefficient (Wildman–Crippen LogP) is 5.06. The molecule has 0 heterocycles. The average Bonchev–Trinajstić information content (AvgIpc) is 2.40. The van der Waals surface area contributed by atoms with E-state index in [-0.39, 0.29) is 10.4 Å². The summed E-state index contributed by atoms with van der Waals surface area (Å²) in [5.41, 5.74) is 7.71. The van der Waals surface area contributed by atoms with E-state index in [1.54, 1.807) is 18.2 Å². The van der Waals surface area contributed by atoms with Crippen molar-refractivity contribution in [3.05, 3.63) is 58.6 Å². The summed E-state index contributed by atoms with van der Waals surface area (Å²) in [4.78, 5) is 0.263. The summed E-state index contributed by atoms with van der Waals surface area (Å²) in [7, 11) is 0. The van der Waals surface area contributed by atoms with E-state index in [9.17, 15) is 0 Å². The lowest BCUT2D eigenvalue weighted by Gasteiger charge is -2.19. The van der Waals surface area contributed by atoms with Crippen LogP contribution in [0.1, 0.15) is 31.9 Å². The average molecular weight is 320 g/mol. The molecular weight excluding hydrogens is 302 g/mol. The normalized spacial score (nSPS) is 11.2. The highest BCUT2D eigenvalue weighted by molar-refractivity contribution is 7.80. The summed E-state index contributed by atoms with van der Waals surface area (Å²) >= 11 is 11.0. The van der Waals surface area contributed by atoms with Gasteiger partial charge in [-0.25, -0.2) is 0 Å². The van der Waals surface area contributed by atoms with E-state index in [1.165, 1.54) is 5.56 Å². The topological polar surface area (TPSA) is 35.2 Å². The second-order valence-corrected chi connectivity index (χ2v) is 6.76. The highest BCUT2D eigenvalue weighted by Gasteiger charge is 2.14. The van der Waals surface area contributed by atoms with Crippen molar-refractivity contribution < 1.29 is 4.74 Å². The Morgan fingerprint density at radius 3 is 2.24 bits per heavy atom. The van der Waals surface area contributed by atoms with Crippen LogP contribution in [0.3, 0.4) is 0 Å². The molecule has 0 saturated carbocycles. The lowest BCUT2D eigenvalue weighted by Crippen LogP contribution is -2.11. The van der Waals surface area contributed by atoms with Crippen molar-refractivity contribution in [1.29, 1.82) is 0 Å². The lowest BCUT2D eigenvalue weighted by atomic mass is 9.87. The molecule has 0 atom stereocenters. The molecule has 2 nitrogen and oxygen atoms in total. The molecule has 2 aromatic rings. The van der Waals surface area contributed by atoms with Crippen molar-refractivity contribution in [2.75, 3.05) is 0 Å². The predicted molar refractivity (Wildman–Crippen MR) is 92.6 cm³/mol. The zero-order valence-electron chi connectivity index (χ0n) is 12.3. The maximum atomic E-state index is 5.96. The van der Waals surface area contributed by atoms with Crippen molar-refractivity contribution in [2.24, 2.45) is 5.73 Å². The van der Waals surface area contributed by atoms with Gasteiger partial charge in [-0.2, -0.15) is 0 Å². The van der Waals surface area contributed by atoms with Crippen molar-refractivity contribution in [3.8, 4) is 11.5 Å². The van der Waals surface area contributed by atoms with Crippen LogP contribution < -0.4 is 10.5 Å². The van der Waals surface area contributed by atoms with E-state index in [2.05, 4.69) is 32.9 Å². The quantitative estimate of drug-likeness (QED) is 0.803. The van der Waals surface area contributed by atoms with E-state index in [4.69, 9.17) is 34.3 Å². The van der Waals surface area contributed by atoms with Crippen LogP contribution in [0.4, 0.5) is 0 Å². The van der Waals surface area contributed by atoms with Crippen LogP contribution in [0.5, 0.6) is 11.5 Å². The van der Waals surface area contributed by atoms with Crippen LogP contribution in [0.25, 0.3) is 0 Å². The molecule has 21 heavy (non-hydrogen) atoms. The first-order valence-corrected chi connectivity index (χ1v) is 7.44. The lowest BCUT2D eigenvalue weighted by molar-refractivity contribution is 0.480. The number of halogens is 1. The second kappa shape index (κ2) is 6.04. The molecule has 0 amide bonds. The van der Waals surface area contributed by atoms with Gasteiger partial charge in [0, 0.05) is 5.02 Å². The molecule has 0 spiro atoms. The van der Waals surface area contributed by atoms with Crippen LogP contribution in [0, 0.1) is 0 Å². The zero-order valence-corrected chi connectivity index (χ0v) is 13.9. The molecule has 110 valence electrons. The van der Waals surface area contributed by atoms with Gasteiger partial charge >= 0.3 is 0 Å². The third-order valence-electron chi connectivity index (χ3n) is 3.16. The van der Waals surface area contributed by atoms with Gasteiger partial charge in [0.2, 0.25) is 0 Å². The molecule has 0 aliphatic carbocycles. The van der Waals surface area contributed by atoms with Gasteiger partial charge in [-0.1, -0.05) is 56.7 Å². The zero-order chi connectivity index (χ0) is 15.6. The van der Waals surface area contributed by atoms with Crippen LogP contribution in [-0.2, 0) is 5.41 Å². The molecule has 0 fully saturated rings. The first-order chi connectivity index (χ1) is 9.77. The maximum absolute atomic E-state index is 5.96. The van der Waals surface area contributed by atoms with Crippen molar-refractivity contribution in [3.63, 3.8) is 0 Å². The highest BCUT2D eigenvalue weighted by atomic mass is 35.5. The number of hydrogen-bond acceptors (Lipinski definition) is 2. The van der Waals surface area contributed by atoms with Gasteiger partial charge in [0.15, 0.2) is 0 Å². The number of thiocarbonyl (C=S) groups is 1. The summed E-state index contributed by atoms with van der Waals surface area (Å²) in [5, 5.41) is 0.577. The van der Waals surface area contributed by atoms with Crippen LogP contribution >= 0.6 is 23.8 Å². The van der Waals surface area contributed by atoms with E-state index in [0.29, 0.717) is 16.3 Å². The first-order valence-electron chi connectivity index (χ1n) is 6.65. The summed E-state index contributed by atoms with van der Waals surface area (Å²) in [6.07, 6.45) is 0. The number of hydrogen-bond donors (Lipinski definition) is 1. The molecule has 0 saturated heterocycles. The molecule has 2 N–H and O–H groups in total. The van der Waals surface area contributed by atoms with E-state index in [1.807, 2.05) is 12.1 Å². The first kappa shape index (κ1) is 15.8. The molecule has 4 heteroatoms. The molecule has 2 rings (SSSR count). The summed E-state index contributed by atoms with van der Waals surface area (Å²) in [6.45, 7) is 6.52. The number of benzene rings is 2. The molecule has 0 aromatic heterocycles. The molecule has 0 bridgehead atoms. The minimum Gasteiger partial charge on any atom is -0.457 e. The fourth-order valence-corrected chi connectivity index (χ4v) is 2.27. The van der Waals surface area contributed by atoms with Crippen molar-refractivity contribution in [2.45, 2.75) is 26.2 Å². The molecule has 0 aliphatic heterocycles.